The quantitative estimate of drug-likeness (QED) is 0.778. The first-order valence-corrected chi connectivity index (χ1v) is 7.19. The number of rotatable bonds is 5. The molecule has 0 aromatic heterocycles. The highest BCUT2D eigenvalue weighted by Gasteiger charge is 2.34. The Morgan fingerprint density at radius 3 is 2.81 bits per heavy atom. The van der Waals surface area contributed by atoms with Gasteiger partial charge in [-0.25, -0.2) is 4.79 Å². The zero-order chi connectivity index (χ0) is 15.2. The molecule has 0 saturated carbocycles. The monoisotopic (exact) mass is 291 g/mol. The van der Waals surface area contributed by atoms with E-state index >= 15 is 0 Å². The predicted octanol–water partition coefficient (Wildman–Crippen LogP) is 1.93. The Kier molecular flexibility index (Phi) is 5.20. The van der Waals surface area contributed by atoms with E-state index in [0.717, 1.165) is 17.7 Å². The first kappa shape index (κ1) is 15.4. The number of ether oxygens (including phenoxy) is 2. The summed E-state index contributed by atoms with van der Waals surface area (Å²) in [5, 5.41) is 0. The molecule has 1 heterocycles. The number of esters is 1. The molecule has 1 saturated heterocycles. The molecule has 5 heteroatoms. The van der Waals surface area contributed by atoms with E-state index in [2.05, 4.69) is 0 Å². The number of aryl methyl sites for hydroxylation is 1. The van der Waals surface area contributed by atoms with Crippen LogP contribution in [0.1, 0.15) is 24.8 Å². The number of carbonyl (C=O) groups excluding carboxylic acids is 2. The number of carbonyl (C=O) groups is 2. The van der Waals surface area contributed by atoms with Crippen LogP contribution in [-0.4, -0.2) is 43.1 Å². The van der Waals surface area contributed by atoms with Gasteiger partial charge < -0.3 is 14.4 Å². The Morgan fingerprint density at radius 1 is 1.33 bits per heavy atom. The lowest BCUT2D eigenvalue weighted by molar-refractivity contribution is -0.151. The molecule has 1 aromatic rings. The first-order valence-electron chi connectivity index (χ1n) is 7.19. The molecule has 0 N–H and O–H groups in total. The number of methoxy groups -OCH3 is 1. The molecular formula is C16H21NO4. The third-order valence-electron chi connectivity index (χ3n) is 3.71. The summed E-state index contributed by atoms with van der Waals surface area (Å²) in [7, 11) is 1.35. The third kappa shape index (κ3) is 3.74. The van der Waals surface area contributed by atoms with Crippen molar-refractivity contribution in [3.63, 3.8) is 0 Å². The van der Waals surface area contributed by atoms with E-state index in [1.165, 1.54) is 7.11 Å². The Labute approximate surface area is 124 Å². The second kappa shape index (κ2) is 7.11. The second-order valence-corrected chi connectivity index (χ2v) is 5.13. The summed E-state index contributed by atoms with van der Waals surface area (Å²) in [4.78, 5) is 25.4. The van der Waals surface area contributed by atoms with Gasteiger partial charge in [-0.3, -0.25) is 4.79 Å². The lowest BCUT2D eigenvalue weighted by Crippen LogP contribution is -2.41. The fourth-order valence-corrected chi connectivity index (χ4v) is 2.56. The van der Waals surface area contributed by atoms with Gasteiger partial charge in [0, 0.05) is 6.54 Å². The molecule has 0 bridgehead atoms. The topological polar surface area (TPSA) is 55.8 Å². The number of hydrogen-bond acceptors (Lipinski definition) is 4. The van der Waals surface area contributed by atoms with Gasteiger partial charge in [-0.05, 0) is 31.4 Å². The average molecular weight is 291 g/mol. The van der Waals surface area contributed by atoms with Gasteiger partial charge in [-0.15, -0.1) is 0 Å². The van der Waals surface area contributed by atoms with E-state index in [-0.39, 0.29) is 18.3 Å². The molecule has 2 rings (SSSR count). The van der Waals surface area contributed by atoms with Gasteiger partial charge in [0.2, 0.25) is 5.91 Å². The molecule has 114 valence electrons. The van der Waals surface area contributed by atoms with E-state index in [9.17, 15) is 9.59 Å². The molecule has 1 atom stereocenters. The molecule has 1 aromatic carbocycles. The van der Waals surface area contributed by atoms with Gasteiger partial charge in [-0.1, -0.05) is 18.2 Å². The van der Waals surface area contributed by atoms with Crippen LogP contribution in [0.2, 0.25) is 0 Å². The maximum Gasteiger partial charge on any atom is 0.328 e. The smallest absolute Gasteiger partial charge is 0.328 e. The minimum atomic E-state index is -0.430. The number of nitrogens with zero attached hydrogens (tertiary/aromatic N) is 1. The Balaban J connectivity index is 1.84. The van der Waals surface area contributed by atoms with Gasteiger partial charge >= 0.3 is 5.97 Å². The second-order valence-electron chi connectivity index (χ2n) is 5.13. The first-order chi connectivity index (χ1) is 10.1. The van der Waals surface area contributed by atoms with Crippen LogP contribution in [0.3, 0.4) is 0 Å². The van der Waals surface area contributed by atoms with Crippen LogP contribution in [0.15, 0.2) is 24.3 Å². The number of benzene rings is 1. The zero-order valence-corrected chi connectivity index (χ0v) is 12.5. The molecular weight excluding hydrogens is 270 g/mol. The molecule has 5 nitrogen and oxygen atoms in total. The van der Waals surface area contributed by atoms with E-state index in [1.807, 2.05) is 31.2 Å². The normalized spacial score (nSPS) is 17.6. The molecule has 1 aliphatic rings. The highest BCUT2D eigenvalue weighted by atomic mass is 16.5. The molecule has 1 unspecified atom stereocenters. The lowest BCUT2D eigenvalue weighted by atomic mass is 10.2. The van der Waals surface area contributed by atoms with Crippen molar-refractivity contribution in [1.82, 2.24) is 4.90 Å². The van der Waals surface area contributed by atoms with Crippen molar-refractivity contribution in [3.8, 4) is 5.75 Å². The molecule has 0 radical (unpaired) electrons. The van der Waals surface area contributed by atoms with Crippen LogP contribution >= 0.6 is 0 Å². The lowest BCUT2D eigenvalue weighted by Gasteiger charge is -2.22. The zero-order valence-electron chi connectivity index (χ0n) is 12.5. The maximum atomic E-state index is 12.2. The van der Waals surface area contributed by atoms with Gasteiger partial charge in [-0.2, -0.15) is 0 Å². The molecule has 0 aliphatic carbocycles. The summed E-state index contributed by atoms with van der Waals surface area (Å²) in [6.07, 6.45) is 1.78. The maximum absolute atomic E-state index is 12.2. The summed E-state index contributed by atoms with van der Waals surface area (Å²) in [5.74, 6) is 0.397. The third-order valence-corrected chi connectivity index (χ3v) is 3.71. The summed E-state index contributed by atoms with van der Waals surface area (Å²) >= 11 is 0. The standard InChI is InChI=1S/C16H21NO4/c1-12-6-3-4-8-14(12)21-11-9-15(18)17-10-5-7-13(17)16(19)20-2/h3-4,6,8,13H,5,7,9-11H2,1-2H3. The van der Waals surface area contributed by atoms with Crippen LogP contribution in [0.5, 0.6) is 5.75 Å². The van der Waals surface area contributed by atoms with Crippen LogP contribution in [0.4, 0.5) is 0 Å². The average Bonchev–Trinajstić information content (AvgIpc) is 2.98. The van der Waals surface area contributed by atoms with Crippen LogP contribution in [0, 0.1) is 6.92 Å². The summed E-state index contributed by atoms with van der Waals surface area (Å²) in [6, 6.07) is 7.26. The summed E-state index contributed by atoms with van der Waals surface area (Å²) in [5.41, 5.74) is 1.04. The van der Waals surface area contributed by atoms with Crippen LogP contribution < -0.4 is 4.74 Å². The Hall–Kier alpha value is -2.04. The minimum absolute atomic E-state index is 0.0588. The Morgan fingerprint density at radius 2 is 2.10 bits per heavy atom. The fraction of sp³-hybridized carbons (Fsp3) is 0.500. The van der Waals surface area contributed by atoms with Crippen LogP contribution in [-0.2, 0) is 14.3 Å². The minimum Gasteiger partial charge on any atom is -0.493 e. The fourth-order valence-electron chi connectivity index (χ4n) is 2.56. The van der Waals surface area contributed by atoms with E-state index < -0.39 is 6.04 Å². The number of likely N-dealkylation sites (tertiary alicyclic amines) is 1. The highest BCUT2D eigenvalue weighted by molar-refractivity contribution is 5.85. The van der Waals surface area contributed by atoms with E-state index in [1.54, 1.807) is 4.90 Å². The van der Waals surface area contributed by atoms with Gasteiger partial charge in [0.15, 0.2) is 0 Å². The van der Waals surface area contributed by atoms with Crippen molar-refractivity contribution in [2.75, 3.05) is 20.3 Å². The SMILES string of the molecule is COC(=O)C1CCCN1C(=O)CCOc1ccccc1C. The summed E-state index contributed by atoms with van der Waals surface area (Å²) < 4.78 is 10.4. The highest BCUT2D eigenvalue weighted by Crippen LogP contribution is 2.20. The van der Waals surface area contributed by atoms with Gasteiger partial charge in [0.05, 0.1) is 20.1 Å². The van der Waals surface area contributed by atoms with E-state index in [4.69, 9.17) is 9.47 Å². The van der Waals surface area contributed by atoms with E-state index in [0.29, 0.717) is 19.6 Å². The van der Waals surface area contributed by atoms with Crippen molar-refractivity contribution in [2.24, 2.45) is 0 Å². The summed E-state index contributed by atoms with van der Waals surface area (Å²) in [6.45, 7) is 2.89. The van der Waals surface area contributed by atoms with Gasteiger partial charge in [0.1, 0.15) is 11.8 Å². The number of hydrogen-bond donors (Lipinski definition) is 0. The molecule has 0 spiro atoms. The van der Waals surface area contributed by atoms with Crippen molar-refractivity contribution in [2.45, 2.75) is 32.2 Å². The number of para-hydroxylation sites is 1. The van der Waals surface area contributed by atoms with Crippen LogP contribution in [0.25, 0.3) is 0 Å². The molecule has 1 amide bonds. The molecule has 1 fully saturated rings. The van der Waals surface area contributed by atoms with Crippen molar-refractivity contribution in [3.05, 3.63) is 29.8 Å². The largest absolute Gasteiger partial charge is 0.493 e. The van der Waals surface area contributed by atoms with Gasteiger partial charge in [0.25, 0.3) is 0 Å². The Bertz CT molecular complexity index is 515. The number of amides is 1. The van der Waals surface area contributed by atoms with Crippen molar-refractivity contribution >= 4 is 11.9 Å². The molecule has 21 heavy (non-hydrogen) atoms. The van der Waals surface area contributed by atoms with Crippen molar-refractivity contribution in [1.29, 1.82) is 0 Å². The molecule has 1 aliphatic heterocycles. The predicted molar refractivity (Wildman–Crippen MR) is 78.0 cm³/mol. The van der Waals surface area contributed by atoms with Crippen molar-refractivity contribution < 1.29 is 19.1 Å².